The molecule has 2 heterocycles. The molecule has 0 aliphatic heterocycles. The lowest BCUT2D eigenvalue weighted by molar-refractivity contribution is 0.277. The molecule has 4 rings (SSSR count). The summed E-state index contributed by atoms with van der Waals surface area (Å²) < 4.78 is 3.71. The van der Waals surface area contributed by atoms with Crippen LogP contribution in [0.25, 0.3) is 20.7 Å². The minimum atomic E-state index is -0.359. The van der Waals surface area contributed by atoms with Gasteiger partial charge in [0.2, 0.25) is 0 Å². The number of rotatable bonds is 7. The Kier molecular flexibility index (Phi) is 7.19. The lowest BCUT2D eigenvalue weighted by atomic mass is 9.99. The molecule has 166 valence electrons. The zero-order valence-corrected chi connectivity index (χ0v) is 21.2. The molecule has 5 nitrogen and oxygen atoms in total. The number of aliphatic hydroxyl groups excluding tert-OH is 1. The quantitative estimate of drug-likeness (QED) is 0.248. The number of aromatic nitrogens is 2. The Morgan fingerprint density at radius 3 is 2.31 bits per heavy atom. The van der Waals surface area contributed by atoms with Gasteiger partial charge in [-0.2, -0.15) is 0 Å². The third-order valence-corrected chi connectivity index (χ3v) is 7.96. The number of alkyl halides is 1. The van der Waals surface area contributed by atoms with Crippen molar-refractivity contribution in [3.63, 3.8) is 0 Å². The number of aliphatic hydroxyl groups is 1. The van der Waals surface area contributed by atoms with Crippen LogP contribution in [0.15, 0.2) is 58.1 Å². The summed E-state index contributed by atoms with van der Waals surface area (Å²) in [4.78, 5) is 28.0. The summed E-state index contributed by atoms with van der Waals surface area (Å²) in [6, 6.07) is 15.9. The fraction of sp³-hybridized carbons (Fsp3) is 0.250. The van der Waals surface area contributed by atoms with Gasteiger partial charge in [0.15, 0.2) is 0 Å². The molecule has 0 bridgehead atoms. The van der Waals surface area contributed by atoms with Crippen LogP contribution < -0.4 is 11.2 Å². The van der Waals surface area contributed by atoms with Crippen molar-refractivity contribution in [3.05, 3.63) is 91.1 Å². The largest absolute Gasteiger partial charge is 0.396 e. The zero-order valence-electron chi connectivity index (χ0n) is 17.5. The van der Waals surface area contributed by atoms with E-state index < -0.39 is 0 Å². The third-order valence-electron chi connectivity index (χ3n) is 5.47. The molecule has 0 fully saturated rings. The van der Waals surface area contributed by atoms with Gasteiger partial charge in [0, 0.05) is 34.5 Å². The Labute approximate surface area is 208 Å². The summed E-state index contributed by atoms with van der Waals surface area (Å²) in [6.07, 6.45) is 0.899. The molecule has 0 aliphatic carbocycles. The van der Waals surface area contributed by atoms with Gasteiger partial charge < -0.3 is 5.11 Å². The minimum Gasteiger partial charge on any atom is -0.396 e. The molecule has 2 aromatic carbocycles. The minimum absolute atomic E-state index is 0.0800. The van der Waals surface area contributed by atoms with Crippen LogP contribution in [-0.2, 0) is 24.4 Å². The maximum Gasteiger partial charge on any atom is 0.331 e. The highest BCUT2D eigenvalue weighted by atomic mass is 127. The normalized spacial score (nSPS) is 11.4. The van der Waals surface area contributed by atoms with Crippen molar-refractivity contribution in [2.45, 2.75) is 23.8 Å². The molecule has 0 saturated heterocycles. The number of fused-ring (bicyclic) bond motifs is 1. The second-order valence-corrected chi connectivity index (χ2v) is 9.80. The molecule has 2 aromatic heterocycles. The Balaban J connectivity index is 1.99. The van der Waals surface area contributed by atoms with Crippen LogP contribution in [0.4, 0.5) is 0 Å². The van der Waals surface area contributed by atoms with E-state index in [9.17, 15) is 14.7 Å². The van der Waals surface area contributed by atoms with Gasteiger partial charge >= 0.3 is 5.69 Å². The second-order valence-electron chi connectivity index (χ2n) is 7.60. The maximum atomic E-state index is 13.5. The maximum absolute atomic E-state index is 13.5. The van der Waals surface area contributed by atoms with Crippen molar-refractivity contribution in [2.75, 3.05) is 6.61 Å². The first-order valence-corrected chi connectivity index (χ1v) is 12.9. The third kappa shape index (κ3) is 4.44. The number of hydrogen-bond donors (Lipinski definition) is 1. The van der Waals surface area contributed by atoms with E-state index in [2.05, 4.69) is 46.9 Å². The Bertz CT molecular complexity index is 1370. The number of benzene rings is 2. The van der Waals surface area contributed by atoms with Crippen LogP contribution in [0.5, 0.6) is 0 Å². The molecule has 8 heteroatoms. The van der Waals surface area contributed by atoms with Crippen LogP contribution in [-0.4, -0.2) is 20.8 Å². The van der Waals surface area contributed by atoms with Crippen LogP contribution in [0.2, 0.25) is 5.02 Å². The van der Waals surface area contributed by atoms with Crippen LogP contribution in [0.3, 0.4) is 0 Å². The smallest absolute Gasteiger partial charge is 0.331 e. The number of hydrogen-bond acceptors (Lipinski definition) is 4. The molecule has 0 unspecified atom stereocenters. The summed E-state index contributed by atoms with van der Waals surface area (Å²) in [5.74, 6) is 0. The van der Waals surface area contributed by atoms with E-state index in [1.807, 2.05) is 24.3 Å². The lowest BCUT2D eigenvalue weighted by Crippen LogP contribution is -2.39. The van der Waals surface area contributed by atoms with Crippen molar-refractivity contribution >= 4 is 55.7 Å². The average molecular weight is 581 g/mol. The summed E-state index contributed by atoms with van der Waals surface area (Å²) in [6.45, 7) is 0.108. The average Bonchev–Trinajstić information content (AvgIpc) is 3.18. The molecule has 4 aromatic rings. The standard InChI is InChI=1S/C24H22ClIN2O3S/c1-27-23-20(22(30)28(24(27)31)11-2-12-29)19(13-15-5-9-18(25)10-6-15)21(32-23)17-7-3-16(14-26)4-8-17/h3-10,29H,2,11-14H2,1H3. The van der Waals surface area contributed by atoms with Crippen molar-refractivity contribution in [1.29, 1.82) is 0 Å². The first-order valence-electron chi connectivity index (χ1n) is 10.2. The molecule has 0 aliphatic rings. The Morgan fingerprint density at radius 2 is 1.69 bits per heavy atom. The fourth-order valence-corrected chi connectivity index (χ4v) is 5.68. The SMILES string of the molecule is Cn1c(=O)n(CCCO)c(=O)c2c(Cc3ccc(Cl)cc3)c(-c3ccc(CI)cc3)sc21. The monoisotopic (exact) mass is 580 g/mol. The van der Waals surface area contributed by atoms with Crippen LogP contribution in [0.1, 0.15) is 23.1 Å². The summed E-state index contributed by atoms with van der Waals surface area (Å²) in [5, 5.41) is 10.5. The first kappa shape index (κ1) is 23.2. The fourth-order valence-electron chi connectivity index (χ4n) is 3.78. The molecular weight excluding hydrogens is 559 g/mol. The number of halogens is 2. The van der Waals surface area contributed by atoms with E-state index in [0.717, 1.165) is 26.0 Å². The molecule has 0 saturated carbocycles. The van der Waals surface area contributed by atoms with Crippen molar-refractivity contribution in [3.8, 4) is 10.4 Å². The van der Waals surface area contributed by atoms with E-state index >= 15 is 0 Å². The topological polar surface area (TPSA) is 64.2 Å². The second kappa shape index (κ2) is 9.91. The van der Waals surface area contributed by atoms with Gasteiger partial charge in [-0.15, -0.1) is 11.3 Å². The van der Waals surface area contributed by atoms with Gasteiger partial charge in [-0.3, -0.25) is 13.9 Å². The number of thiophene rings is 1. The van der Waals surface area contributed by atoms with E-state index in [4.69, 9.17) is 11.6 Å². The summed E-state index contributed by atoms with van der Waals surface area (Å²) in [5.41, 5.74) is 3.54. The molecule has 0 spiro atoms. The molecule has 0 atom stereocenters. The van der Waals surface area contributed by atoms with Crippen molar-refractivity contribution in [1.82, 2.24) is 9.13 Å². The van der Waals surface area contributed by atoms with E-state index in [1.165, 1.54) is 21.5 Å². The summed E-state index contributed by atoms with van der Waals surface area (Å²) >= 11 is 9.87. The molecule has 0 amide bonds. The lowest BCUT2D eigenvalue weighted by Gasteiger charge is -2.09. The highest BCUT2D eigenvalue weighted by Crippen LogP contribution is 2.38. The molecule has 1 N–H and O–H groups in total. The van der Waals surface area contributed by atoms with Crippen LogP contribution >= 0.6 is 45.5 Å². The Hall–Kier alpha value is -1.94. The van der Waals surface area contributed by atoms with Gasteiger partial charge in [-0.05, 0) is 47.2 Å². The highest BCUT2D eigenvalue weighted by Gasteiger charge is 2.22. The zero-order chi connectivity index (χ0) is 22.8. The van der Waals surface area contributed by atoms with Gasteiger partial charge in [-0.1, -0.05) is 70.6 Å². The number of aryl methyl sites for hydroxylation is 1. The molecule has 0 radical (unpaired) electrons. The van der Waals surface area contributed by atoms with Crippen molar-refractivity contribution in [2.24, 2.45) is 7.05 Å². The van der Waals surface area contributed by atoms with Gasteiger partial charge in [0.1, 0.15) is 4.83 Å². The van der Waals surface area contributed by atoms with E-state index in [0.29, 0.717) is 28.1 Å². The predicted molar refractivity (Wildman–Crippen MR) is 140 cm³/mol. The first-order chi connectivity index (χ1) is 15.4. The number of nitrogens with zero attached hydrogens (tertiary/aromatic N) is 2. The molecular formula is C24H22ClIN2O3S. The summed E-state index contributed by atoms with van der Waals surface area (Å²) in [7, 11) is 1.70. The van der Waals surface area contributed by atoms with Gasteiger partial charge in [0.05, 0.1) is 5.39 Å². The van der Waals surface area contributed by atoms with Crippen molar-refractivity contribution < 1.29 is 5.11 Å². The van der Waals surface area contributed by atoms with Gasteiger partial charge in [-0.25, -0.2) is 4.79 Å². The molecule has 32 heavy (non-hydrogen) atoms. The Morgan fingerprint density at radius 1 is 1.03 bits per heavy atom. The van der Waals surface area contributed by atoms with E-state index in [1.54, 1.807) is 11.6 Å². The van der Waals surface area contributed by atoms with Gasteiger partial charge in [0.25, 0.3) is 5.56 Å². The predicted octanol–water partition coefficient (Wildman–Crippen LogP) is 4.99. The van der Waals surface area contributed by atoms with E-state index in [-0.39, 0.29) is 24.4 Å². The van der Waals surface area contributed by atoms with Crippen LogP contribution in [0, 0.1) is 0 Å². The highest BCUT2D eigenvalue weighted by molar-refractivity contribution is 14.1.